The molecule has 0 aliphatic carbocycles. The lowest BCUT2D eigenvalue weighted by Crippen LogP contribution is -2.23. The van der Waals surface area contributed by atoms with Crippen molar-refractivity contribution in [2.24, 2.45) is 0 Å². The molecule has 608 valence electrons. The summed E-state index contributed by atoms with van der Waals surface area (Å²) in [6.45, 7) is 2.60. The van der Waals surface area contributed by atoms with Crippen LogP contribution in [0.5, 0.6) is 0 Å². The van der Waals surface area contributed by atoms with Crippen LogP contribution in [0, 0.1) is 65.3 Å². The number of para-hydroxylation sites is 7. The molecular formula is C78H66N28O14S. The third kappa shape index (κ3) is 16.1. The van der Waals surface area contributed by atoms with E-state index in [1.165, 1.54) is 47.7 Å². The Morgan fingerprint density at radius 3 is 1.17 bits per heavy atom. The molecule has 0 saturated carbocycles. The molecule has 14 aromatic rings. The minimum Gasteiger partial charge on any atom is -0.378 e. The number of H-pyrrole nitrogens is 2. The Balaban J connectivity index is 0.000000119. The van der Waals surface area contributed by atoms with Crippen molar-refractivity contribution in [3.8, 4) is 5.82 Å². The molecule has 8 N–H and O–H groups in total. The quantitative estimate of drug-likeness (QED) is 0.0406. The van der Waals surface area contributed by atoms with Crippen LogP contribution < -0.4 is 52.2 Å². The Bertz CT molecular complexity index is 6420. The maximum atomic E-state index is 12.1. The van der Waals surface area contributed by atoms with E-state index in [0.29, 0.717) is 49.3 Å². The molecule has 0 spiro atoms. The summed E-state index contributed by atoms with van der Waals surface area (Å²) in [5.74, 6) is 0.664. The van der Waals surface area contributed by atoms with E-state index in [2.05, 4.69) is 59.8 Å². The number of benzene rings is 7. The average molecular weight is 1650 g/mol. The van der Waals surface area contributed by atoms with Crippen LogP contribution in [0.4, 0.5) is 115 Å². The number of amides is 1. The summed E-state index contributed by atoms with van der Waals surface area (Å²) < 4.78 is 1.75. The molecular weight excluding hydrogens is 1590 g/mol. The molecule has 7 aromatic heterocycles. The first kappa shape index (κ1) is 80.7. The normalized spacial score (nSPS) is 12.9. The van der Waals surface area contributed by atoms with Gasteiger partial charge >= 0.3 is 39.7 Å². The number of hydrogen-bond donors (Lipinski definition) is 5. The largest absolute Gasteiger partial charge is 0.378 e. The van der Waals surface area contributed by atoms with E-state index in [9.17, 15) is 70.3 Å². The number of fused-ring (bicyclic) bond motifs is 8. The molecule has 42 nitrogen and oxygen atoms in total. The third-order valence-corrected chi connectivity index (χ3v) is 20.1. The van der Waals surface area contributed by atoms with Crippen LogP contribution >= 0.6 is 12.2 Å². The van der Waals surface area contributed by atoms with Gasteiger partial charge in [0.15, 0.2) is 5.82 Å². The highest BCUT2D eigenvalue weighted by Crippen LogP contribution is 2.45. The molecule has 0 fully saturated rings. The summed E-state index contributed by atoms with van der Waals surface area (Å²) in [5, 5.41) is 69.4. The van der Waals surface area contributed by atoms with Crippen molar-refractivity contribution < 1.29 is 34.3 Å². The van der Waals surface area contributed by atoms with Crippen LogP contribution in [0.25, 0.3) is 27.6 Å². The van der Waals surface area contributed by atoms with E-state index >= 15 is 0 Å². The molecule has 0 bridgehead atoms. The number of nitrogen functional groups attached to an aromatic ring is 3. The van der Waals surface area contributed by atoms with Gasteiger partial charge in [0.05, 0.1) is 65.3 Å². The molecule has 43 heteroatoms. The summed E-state index contributed by atoms with van der Waals surface area (Å²) >= 11 is 4.95. The van der Waals surface area contributed by atoms with Gasteiger partial charge in [-0.05, 0) is 96.0 Å². The van der Waals surface area contributed by atoms with Crippen LogP contribution in [-0.2, 0) is 36.9 Å². The second kappa shape index (κ2) is 34.7. The van der Waals surface area contributed by atoms with E-state index < -0.39 is 46.5 Å². The van der Waals surface area contributed by atoms with Gasteiger partial charge in [-0.25, -0.2) is 49.8 Å². The van der Waals surface area contributed by atoms with E-state index in [-0.39, 0.29) is 80.4 Å². The zero-order valence-corrected chi connectivity index (χ0v) is 64.5. The number of nitro groups is 6. The molecule has 12 heterocycles. The van der Waals surface area contributed by atoms with E-state index in [1.54, 1.807) is 52.7 Å². The molecule has 0 unspecified atom stereocenters. The summed E-state index contributed by atoms with van der Waals surface area (Å²) in [5.41, 5.74) is 25.8. The highest BCUT2D eigenvalue weighted by atomic mass is 32.1. The number of carbonyl (C=O) groups excluding carboxylic acids is 1. The highest BCUT2D eigenvalue weighted by Gasteiger charge is 2.38. The third-order valence-electron chi connectivity index (χ3n) is 19.8. The smallest absolute Gasteiger partial charge is 0.376 e. The molecule has 5 aliphatic heterocycles. The van der Waals surface area contributed by atoms with Crippen LogP contribution in [0.1, 0.15) is 27.8 Å². The molecule has 7 aromatic carbocycles. The Kier molecular flexibility index (Phi) is 23.1. The van der Waals surface area contributed by atoms with Crippen LogP contribution in [0.15, 0.2) is 213 Å². The molecule has 0 radical (unpaired) electrons. The van der Waals surface area contributed by atoms with Crippen molar-refractivity contribution in [2.45, 2.75) is 32.1 Å². The molecule has 121 heavy (non-hydrogen) atoms. The fraction of sp³-hybridized carbons (Fsp3) is 0.141. The summed E-state index contributed by atoms with van der Waals surface area (Å²) in [6, 6.07) is 53.6. The fourth-order valence-electron chi connectivity index (χ4n) is 14.6. The van der Waals surface area contributed by atoms with Gasteiger partial charge in [0, 0.05) is 73.8 Å². The maximum Gasteiger partial charge on any atom is 0.376 e. The molecule has 0 saturated heterocycles. The van der Waals surface area contributed by atoms with Crippen LogP contribution in [0.3, 0.4) is 0 Å². The second-order valence-corrected chi connectivity index (χ2v) is 27.3. The van der Waals surface area contributed by atoms with Gasteiger partial charge < -0.3 is 51.7 Å². The van der Waals surface area contributed by atoms with Gasteiger partial charge in [-0.15, -0.1) is 0 Å². The summed E-state index contributed by atoms with van der Waals surface area (Å²) in [6.07, 6.45) is 11.0. The van der Waals surface area contributed by atoms with E-state index in [0.717, 1.165) is 93.3 Å². The molecule has 0 atom stereocenters. The highest BCUT2D eigenvalue weighted by molar-refractivity contribution is 7.71. The predicted octanol–water partition coefficient (Wildman–Crippen LogP) is 12.2. The van der Waals surface area contributed by atoms with Gasteiger partial charge in [0.25, 0.3) is 0 Å². The Morgan fingerprint density at radius 1 is 0.372 bits per heavy atom. The Morgan fingerprint density at radius 2 is 0.719 bits per heavy atom. The van der Waals surface area contributed by atoms with Gasteiger partial charge in [0.2, 0.25) is 62.9 Å². The van der Waals surface area contributed by atoms with Crippen molar-refractivity contribution >= 4 is 155 Å². The number of aromatic amines is 2. The first-order chi connectivity index (χ1) is 58.4. The second-order valence-electron chi connectivity index (χ2n) is 26.9. The van der Waals surface area contributed by atoms with Crippen molar-refractivity contribution in [3.63, 3.8) is 0 Å². The van der Waals surface area contributed by atoms with Crippen LogP contribution in [0.2, 0.25) is 0 Å². The lowest BCUT2D eigenvalue weighted by atomic mass is 10.2. The Hall–Kier alpha value is -16.9. The number of nitrogens with zero attached hydrogens (tertiary/aromatic N) is 23. The number of nitrogens with two attached hydrogens (primary N) is 3. The first-order valence-electron chi connectivity index (χ1n) is 36.6. The van der Waals surface area contributed by atoms with E-state index in [4.69, 9.17) is 29.4 Å². The minimum atomic E-state index is -0.737. The Labute approximate surface area is 686 Å². The maximum absolute atomic E-state index is 12.1. The fourth-order valence-corrected chi connectivity index (χ4v) is 14.9. The standard InChI is InChI=1S/C16H11N5O2.C14H15N5O2.C12H9N5O3.C12H11N5O2.C12H10N4O3.C12H10N4O2S/c17-15-14(21(22)23)16(19-9-18-15)20-12-7-3-1-5-10(12)11-6-2-4-8-13(11)20;1-17(2)13-12(19(20)21)14(16-9-15-13)18-8-7-10-5-3-4-6-11(10)18;13-11-10(17(19)20)12(15-6-14-11)16-8-4-2-1-3-7(8)5-9(16)18;13-11-10(17(18)19)12(15-7-14-11)16-6-5-8-3-1-2-4-9(8)16;17-12-10(16(18)19)11(13-7-14-12)15-6-5-8-3-1-2-4-9(8)15;17-16(18)10-11(13-7-14-12(10)19)15-6-5-8-3-1-2-4-9(8)15/h1-9H,(H2,17,18,19);3-6,9H,7-8H2,1-2H3;1-4,6H,5H2,(H2,13,14,15);1-4,7H,5-6H2,(H2,13,14,15);1-4,7H,5-6H2,(H,13,14,17);1-4,7H,5-6H2,(H,13,14,19). The average Bonchev–Trinajstić information content (AvgIpc) is 1.58. The monoisotopic (exact) mass is 1650 g/mol. The van der Waals surface area contributed by atoms with Crippen molar-refractivity contribution in [3.05, 3.63) is 311 Å². The van der Waals surface area contributed by atoms with Gasteiger partial charge in [-0.1, -0.05) is 140 Å². The van der Waals surface area contributed by atoms with Gasteiger partial charge in [-0.3, -0.25) is 79.7 Å². The van der Waals surface area contributed by atoms with Gasteiger partial charge in [0.1, 0.15) is 25.3 Å². The number of carbonyl (C=O) groups is 1. The zero-order valence-electron chi connectivity index (χ0n) is 63.6. The van der Waals surface area contributed by atoms with Crippen molar-refractivity contribution in [1.82, 2.24) is 64.4 Å². The van der Waals surface area contributed by atoms with Crippen LogP contribution in [-0.4, -0.2) is 140 Å². The SMILES string of the molecule is CN(C)c1ncnc(N2CCc3ccccc32)c1[N+](=O)[O-].Nc1ncnc(-n2c3ccccc3c3ccccc32)c1[N+](=O)[O-].Nc1ncnc(N2C(=O)Cc3ccccc32)c1[N+](=O)[O-].Nc1ncnc(N2CCc3ccccc32)c1[N+](=O)[O-].O=[N+]([O-])c1c(N2CCc3ccccc32)[nH]cnc1=S.O=c1[nH]cnc(N2CCc3ccccc32)c1[N+](=O)[O-]. The topological polar surface area (TPSA) is 556 Å². The molecule has 1 amide bonds. The number of anilines is 14. The predicted molar refractivity (Wildman–Crippen MR) is 450 cm³/mol. The summed E-state index contributed by atoms with van der Waals surface area (Å²) in [4.78, 5) is 142. The molecule has 19 rings (SSSR count). The lowest BCUT2D eigenvalue weighted by molar-refractivity contribution is -0.385. The van der Waals surface area contributed by atoms with Crippen molar-refractivity contribution in [2.75, 3.05) is 86.9 Å². The van der Waals surface area contributed by atoms with Gasteiger partial charge in [-0.2, -0.15) is 0 Å². The number of nitrogens with one attached hydrogen (secondary N) is 2. The number of aromatic nitrogens is 13. The lowest BCUT2D eigenvalue weighted by Gasteiger charge is -2.20. The zero-order chi connectivity index (χ0) is 85.4. The number of hydrogen-bond acceptors (Lipinski definition) is 33. The minimum absolute atomic E-state index is 0.00290. The van der Waals surface area contributed by atoms with Crippen molar-refractivity contribution in [1.29, 1.82) is 0 Å². The first-order valence-corrected chi connectivity index (χ1v) is 37.0. The molecule has 5 aliphatic rings. The van der Waals surface area contributed by atoms with E-state index in [1.807, 2.05) is 160 Å². The summed E-state index contributed by atoms with van der Waals surface area (Å²) in [7, 11) is 3.47. The number of rotatable bonds is 13.